The van der Waals surface area contributed by atoms with E-state index < -0.39 is 17.7 Å². The predicted octanol–water partition coefficient (Wildman–Crippen LogP) is 5.35. The summed E-state index contributed by atoms with van der Waals surface area (Å²) in [6, 6.07) is 17.5. The lowest BCUT2D eigenvalue weighted by atomic mass is 9.71. The van der Waals surface area contributed by atoms with E-state index in [1.165, 1.54) is 24.3 Å². The standard InChI is InChI=1S/C31H28FNO6/c1-17-28(31(37)39-16-18-10-21(32)15-23(35)11-18)29(19-6-5-7-22(34)12-19)30-25(33-17)13-20(14-26(30)36)24-8-3-4-9-27(24)38-2/h3-12,15,20,29,33-35H,13-14,16H2,1-2H3. The molecule has 7 nitrogen and oxygen atoms in total. The van der Waals surface area contributed by atoms with Gasteiger partial charge in [-0.05, 0) is 60.4 Å². The monoisotopic (exact) mass is 529 g/mol. The molecule has 0 saturated carbocycles. The topological polar surface area (TPSA) is 105 Å². The van der Waals surface area contributed by atoms with Crippen LogP contribution in [0.15, 0.2) is 89.3 Å². The molecule has 3 N–H and O–H groups in total. The van der Waals surface area contributed by atoms with E-state index in [0.29, 0.717) is 34.7 Å². The zero-order chi connectivity index (χ0) is 27.7. The highest BCUT2D eigenvalue weighted by Crippen LogP contribution is 2.47. The highest BCUT2D eigenvalue weighted by atomic mass is 19.1. The van der Waals surface area contributed by atoms with Gasteiger partial charge in [0.05, 0.1) is 12.7 Å². The largest absolute Gasteiger partial charge is 0.508 e. The molecule has 0 fully saturated rings. The van der Waals surface area contributed by atoms with Gasteiger partial charge >= 0.3 is 5.97 Å². The Labute approximate surface area is 225 Å². The number of esters is 1. The molecule has 1 heterocycles. The summed E-state index contributed by atoms with van der Waals surface area (Å²) in [5, 5.41) is 23.2. The molecule has 3 aromatic carbocycles. The number of hydrogen-bond acceptors (Lipinski definition) is 7. The first-order chi connectivity index (χ1) is 18.7. The number of phenolic OH excluding ortho intramolecular Hbond substituents is 2. The molecule has 0 bridgehead atoms. The van der Waals surface area contributed by atoms with E-state index in [-0.39, 0.29) is 47.4 Å². The van der Waals surface area contributed by atoms with Crippen molar-refractivity contribution in [3.05, 3.63) is 112 Å². The summed E-state index contributed by atoms with van der Waals surface area (Å²) in [5.41, 5.74) is 3.69. The Balaban J connectivity index is 1.51. The van der Waals surface area contributed by atoms with Gasteiger partial charge in [-0.25, -0.2) is 9.18 Å². The lowest BCUT2D eigenvalue weighted by Gasteiger charge is -2.37. The number of ether oxygens (including phenoxy) is 2. The third-order valence-electron chi connectivity index (χ3n) is 7.14. The van der Waals surface area contributed by atoms with Crippen molar-refractivity contribution >= 4 is 11.8 Å². The van der Waals surface area contributed by atoms with E-state index in [2.05, 4.69) is 5.32 Å². The molecule has 5 rings (SSSR count). The van der Waals surface area contributed by atoms with Gasteiger partial charge in [-0.1, -0.05) is 30.3 Å². The number of phenols is 2. The number of carbonyl (C=O) groups excluding carboxylic acids is 2. The SMILES string of the molecule is COc1ccccc1C1CC(=O)C2=C(C1)NC(C)=C(C(=O)OCc1cc(O)cc(F)c1)C2c1cccc(O)c1. The number of dihydropyridines is 1. The van der Waals surface area contributed by atoms with Crippen LogP contribution in [0.5, 0.6) is 17.2 Å². The van der Waals surface area contributed by atoms with Crippen LogP contribution in [-0.4, -0.2) is 29.1 Å². The van der Waals surface area contributed by atoms with E-state index in [9.17, 15) is 24.2 Å². The second kappa shape index (κ2) is 10.6. The van der Waals surface area contributed by atoms with Crippen LogP contribution < -0.4 is 10.1 Å². The zero-order valence-electron chi connectivity index (χ0n) is 21.5. The molecular formula is C31H28FNO6. The molecule has 0 amide bonds. The van der Waals surface area contributed by atoms with Crippen LogP contribution >= 0.6 is 0 Å². The van der Waals surface area contributed by atoms with Crippen LogP contribution in [0.2, 0.25) is 0 Å². The van der Waals surface area contributed by atoms with Gasteiger partial charge in [-0.2, -0.15) is 0 Å². The Kier molecular flexibility index (Phi) is 7.11. The number of rotatable bonds is 6. The Morgan fingerprint density at radius 3 is 2.56 bits per heavy atom. The van der Waals surface area contributed by atoms with Gasteiger partial charge in [0.2, 0.25) is 0 Å². The fourth-order valence-electron chi connectivity index (χ4n) is 5.51. The molecule has 0 spiro atoms. The van der Waals surface area contributed by atoms with Crippen molar-refractivity contribution in [1.82, 2.24) is 5.32 Å². The first-order valence-corrected chi connectivity index (χ1v) is 12.6. The van der Waals surface area contributed by atoms with Crippen LogP contribution in [0.3, 0.4) is 0 Å². The van der Waals surface area contributed by atoms with Gasteiger partial charge in [0.15, 0.2) is 5.78 Å². The summed E-state index contributed by atoms with van der Waals surface area (Å²) in [5.74, 6) is -1.92. The summed E-state index contributed by atoms with van der Waals surface area (Å²) in [6.45, 7) is 1.46. The molecule has 0 saturated heterocycles. The summed E-state index contributed by atoms with van der Waals surface area (Å²) < 4.78 is 24.8. The third-order valence-corrected chi connectivity index (χ3v) is 7.14. The van der Waals surface area contributed by atoms with Crippen molar-refractivity contribution < 1.29 is 33.7 Å². The molecular weight excluding hydrogens is 501 g/mol. The normalized spacial score (nSPS) is 18.9. The maximum absolute atomic E-state index is 13.8. The van der Waals surface area contributed by atoms with Crippen LogP contribution in [0.25, 0.3) is 0 Å². The molecule has 39 heavy (non-hydrogen) atoms. The minimum atomic E-state index is -0.770. The number of methoxy groups -OCH3 is 1. The quantitative estimate of drug-likeness (QED) is 0.370. The van der Waals surface area contributed by atoms with E-state index in [1.807, 2.05) is 24.3 Å². The first-order valence-electron chi connectivity index (χ1n) is 12.6. The fourth-order valence-corrected chi connectivity index (χ4v) is 5.51. The molecule has 0 radical (unpaired) electrons. The van der Waals surface area contributed by atoms with Crippen molar-refractivity contribution in [1.29, 1.82) is 0 Å². The summed E-state index contributed by atoms with van der Waals surface area (Å²) >= 11 is 0. The van der Waals surface area contributed by atoms with Gasteiger partial charge in [0.25, 0.3) is 0 Å². The molecule has 2 atom stereocenters. The average molecular weight is 530 g/mol. The van der Waals surface area contributed by atoms with Crippen LogP contribution in [0.1, 0.15) is 48.3 Å². The first kappa shape index (κ1) is 26.0. The van der Waals surface area contributed by atoms with Crippen molar-refractivity contribution in [3.63, 3.8) is 0 Å². The lowest BCUT2D eigenvalue weighted by Crippen LogP contribution is -2.36. The molecule has 0 aromatic heterocycles. The van der Waals surface area contributed by atoms with Gasteiger partial charge in [-0.3, -0.25) is 4.79 Å². The number of Topliss-reactive ketones (excluding diaryl/α,β-unsaturated/α-hetero) is 1. The van der Waals surface area contributed by atoms with E-state index in [4.69, 9.17) is 9.47 Å². The lowest BCUT2D eigenvalue weighted by molar-refractivity contribution is -0.140. The summed E-state index contributed by atoms with van der Waals surface area (Å²) in [4.78, 5) is 27.2. The van der Waals surface area contributed by atoms with Gasteiger partial charge in [0.1, 0.15) is 29.7 Å². The number of benzene rings is 3. The molecule has 200 valence electrons. The zero-order valence-corrected chi connectivity index (χ0v) is 21.5. The van der Waals surface area contributed by atoms with Gasteiger partial charge in [0, 0.05) is 41.3 Å². The molecule has 1 aliphatic carbocycles. The van der Waals surface area contributed by atoms with Crippen molar-refractivity contribution in [2.75, 3.05) is 7.11 Å². The summed E-state index contributed by atoms with van der Waals surface area (Å²) in [6.07, 6.45) is 0.749. The second-order valence-corrected chi connectivity index (χ2v) is 9.75. The van der Waals surface area contributed by atoms with E-state index in [1.54, 1.807) is 26.2 Å². The van der Waals surface area contributed by atoms with E-state index in [0.717, 1.165) is 11.6 Å². The Bertz CT molecular complexity index is 1500. The number of para-hydroxylation sites is 1. The second-order valence-electron chi connectivity index (χ2n) is 9.75. The Morgan fingerprint density at radius 1 is 1.03 bits per heavy atom. The van der Waals surface area contributed by atoms with Crippen molar-refractivity contribution in [2.45, 2.75) is 38.2 Å². The van der Waals surface area contributed by atoms with Crippen LogP contribution in [-0.2, 0) is 20.9 Å². The van der Waals surface area contributed by atoms with Gasteiger partial charge < -0.3 is 25.0 Å². The van der Waals surface area contributed by atoms with Gasteiger partial charge in [-0.15, -0.1) is 0 Å². The molecule has 2 aliphatic rings. The molecule has 2 unspecified atom stereocenters. The average Bonchev–Trinajstić information content (AvgIpc) is 2.90. The van der Waals surface area contributed by atoms with Crippen LogP contribution in [0.4, 0.5) is 4.39 Å². The maximum atomic E-state index is 13.8. The number of hydrogen-bond donors (Lipinski definition) is 3. The number of nitrogens with one attached hydrogen (secondary N) is 1. The minimum absolute atomic E-state index is 0.00365. The highest BCUT2D eigenvalue weighted by Gasteiger charge is 2.42. The number of allylic oxidation sites excluding steroid dienone is 3. The molecule has 8 heteroatoms. The number of halogens is 1. The fraction of sp³-hybridized carbons (Fsp3) is 0.226. The molecule has 1 aliphatic heterocycles. The number of aromatic hydroxyl groups is 2. The Morgan fingerprint density at radius 2 is 1.82 bits per heavy atom. The number of carbonyl (C=O) groups is 2. The highest BCUT2D eigenvalue weighted by molar-refractivity contribution is 6.04. The smallest absolute Gasteiger partial charge is 0.337 e. The summed E-state index contributed by atoms with van der Waals surface area (Å²) in [7, 11) is 1.60. The van der Waals surface area contributed by atoms with Crippen molar-refractivity contribution in [3.8, 4) is 17.2 Å². The Hall–Kier alpha value is -4.59. The minimum Gasteiger partial charge on any atom is -0.508 e. The van der Waals surface area contributed by atoms with Crippen molar-refractivity contribution in [2.24, 2.45) is 0 Å². The van der Waals surface area contributed by atoms with E-state index >= 15 is 0 Å². The predicted molar refractivity (Wildman–Crippen MR) is 142 cm³/mol. The maximum Gasteiger partial charge on any atom is 0.337 e. The molecule has 3 aromatic rings. The van der Waals surface area contributed by atoms with Crippen LogP contribution in [0, 0.1) is 5.82 Å². The number of ketones is 1. The third kappa shape index (κ3) is 5.23.